The number of nitrogens with two attached hydrogens (primary N) is 1. The van der Waals surface area contributed by atoms with E-state index in [1.54, 1.807) is 0 Å². The standard InChI is InChI=1S/C16H11F3N2O5/c17-16(18,19)10-3-5-13(11(8-10)21(24)25)26-14-4-1-9(7-12(14)22)2-6-15(20)23/h1-8,22H,(H2,20,23)/b6-2-. The van der Waals surface area contributed by atoms with Crippen LogP contribution in [0.3, 0.4) is 0 Å². The van der Waals surface area contributed by atoms with Crippen molar-refractivity contribution in [1.29, 1.82) is 0 Å². The Kier molecular flexibility index (Phi) is 5.15. The largest absolute Gasteiger partial charge is 0.504 e. The lowest BCUT2D eigenvalue weighted by Crippen LogP contribution is -2.06. The molecule has 0 bridgehead atoms. The first-order valence-electron chi connectivity index (χ1n) is 6.92. The van der Waals surface area contributed by atoms with Crippen molar-refractivity contribution < 1.29 is 32.7 Å². The van der Waals surface area contributed by atoms with Crippen molar-refractivity contribution in [2.75, 3.05) is 0 Å². The summed E-state index contributed by atoms with van der Waals surface area (Å²) in [4.78, 5) is 20.7. The fourth-order valence-electron chi connectivity index (χ4n) is 1.94. The summed E-state index contributed by atoms with van der Waals surface area (Å²) < 4.78 is 43.2. The number of halogens is 3. The predicted molar refractivity (Wildman–Crippen MR) is 84.5 cm³/mol. The molecule has 2 aromatic rings. The molecular weight excluding hydrogens is 357 g/mol. The topological polar surface area (TPSA) is 116 Å². The van der Waals surface area contributed by atoms with Gasteiger partial charge in [-0.05, 0) is 35.9 Å². The summed E-state index contributed by atoms with van der Waals surface area (Å²) in [5.74, 6) is -1.83. The summed E-state index contributed by atoms with van der Waals surface area (Å²) in [5, 5.41) is 20.9. The molecule has 0 aromatic heterocycles. The molecule has 0 aliphatic rings. The zero-order valence-corrected chi connectivity index (χ0v) is 12.9. The van der Waals surface area contributed by atoms with Crippen molar-refractivity contribution >= 4 is 17.7 Å². The van der Waals surface area contributed by atoms with E-state index in [-0.39, 0.29) is 5.75 Å². The zero-order chi connectivity index (χ0) is 19.5. The van der Waals surface area contributed by atoms with Gasteiger partial charge in [-0.2, -0.15) is 13.2 Å². The van der Waals surface area contributed by atoms with Crippen molar-refractivity contribution in [3.63, 3.8) is 0 Å². The van der Waals surface area contributed by atoms with Gasteiger partial charge >= 0.3 is 11.9 Å². The maximum atomic E-state index is 12.7. The average molecular weight is 368 g/mol. The number of alkyl halides is 3. The number of nitrogens with zero attached hydrogens (tertiary/aromatic N) is 1. The number of ether oxygens (including phenoxy) is 1. The molecule has 7 nitrogen and oxygen atoms in total. The van der Waals surface area contributed by atoms with Gasteiger partial charge in [0.25, 0.3) is 0 Å². The number of phenols is 1. The molecule has 0 fully saturated rings. The number of amides is 1. The van der Waals surface area contributed by atoms with Crippen molar-refractivity contribution in [3.8, 4) is 17.2 Å². The number of nitro groups is 1. The number of aromatic hydroxyl groups is 1. The first kappa shape index (κ1) is 18.8. The van der Waals surface area contributed by atoms with Crippen LogP contribution >= 0.6 is 0 Å². The number of rotatable bonds is 5. The van der Waals surface area contributed by atoms with E-state index in [9.17, 15) is 33.2 Å². The van der Waals surface area contributed by atoms with Gasteiger partial charge in [0.15, 0.2) is 11.5 Å². The van der Waals surface area contributed by atoms with E-state index < -0.39 is 39.8 Å². The van der Waals surface area contributed by atoms with E-state index >= 15 is 0 Å². The second-order valence-electron chi connectivity index (χ2n) is 5.00. The van der Waals surface area contributed by atoms with Gasteiger partial charge in [-0.15, -0.1) is 0 Å². The maximum Gasteiger partial charge on any atom is 0.416 e. The Labute approximate surface area is 144 Å². The van der Waals surface area contributed by atoms with E-state index in [2.05, 4.69) is 0 Å². The quantitative estimate of drug-likeness (QED) is 0.475. The second kappa shape index (κ2) is 7.13. The van der Waals surface area contributed by atoms with Crippen LogP contribution in [0.4, 0.5) is 18.9 Å². The molecular formula is C16H11F3N2O5. The lowest BCUT2D eigenvalue weighted by molar-refractivity contribution is -0.385. The SMILES string of the molecule is NC(=O)/C=C\c1ccc(Oc2ccc(C(F)(F)F)cc2[N+](=O)[O-])c(O)c1. The van der Waals surface area contributed by atoms with E-state index in [0.29, 0.717) is 17.7 Å². The molecule has 0 radical (unpaired) electrons. The fourth-order valence-corrected chi connectivity index (χ4v) is 1.94. The van der Waals surface area contributed by atoms with Crippen LogP contribution < -0.4 is 10.5 Å². The van der Waals surface area contributed by atoms with Crippen LogP contribution in [0.15, 0.2) is 42.5 Å². The normalized spacial score (nSPS) is 11.5. The molecule has 26 heavy (non-hydrogen) atoms. The third-order valence-corrected chi connectivity index (χ3v) is 3.13. The maximum absolute atomic E-state index is 12.7. The fraction of sp³-hybridized carbons (Fsp3) is 0.0625. The van der Waals surface area contributed by atoms with E-state index in [1.807, 2.05) is 0 Å². The number of nitro benzene ring substituents is 1. The third kappa shape index (κ3) is 4.50. The van der Waals surface area contributed by atoms with Crippen LogP contribution in [0.1, 0.15) is 11.1 Å². The van der Waals surface area contributed by atoms with E-state index in [1.165, 1.54) is 24.3 Å². The van der Waals surface area contributed by atoms with Gasteiger partial charge < -0.3 is 15.6 Å². The summed E-state index contributed by atoms with van der Waals surface area (Å²) in [5.41, 5.74) is 3.22. The molecule has 2 rings (SSSR count). The summed E-state index contributed by atoms with van der Waals surface area (Å²) in [6.07, 6.45) is -2.39. The Balaban J connectivity index is 2.36. The number of benzene rings is 2. The van der Waals surface area contributed by atoms with Gasteiger partial charge in [0, 0.05) is 12.1 Å². The Hall–Kier alpha value is -3.56. The van der Waals surface area contributed by atoms with Gasteiger partial charge in [-0.3, -0.25) is 14.9 Å². The van der Waals surface area contributed by atoms with Crippen LogP contribution in [0.2, 0.25) is 0 Å². The van der Waals surface area contributed by atoms with Crippen LogP contribution in [0.25, 0.3) is 6.08 Å². The molecule has 0 saturated heterocycles. The smallest absolute Gasteiger partial charge is 0.416 e. The molecule has 10 heteroatoms. The number of carbonyl (C=O) groups is 1. The highest BCUT2D eigenvalue weighted by atomic mass is 19.4. The zero-order valence-electron chi connectivity index (χ0n) is 12.9. The highest BCUT2D eigenvalue weighted by Crippen LogP contribution is 2.39. The number of carbonyl (C=O) groups excluding carboxylic acids is 1. The Morgan fingerprint density at radius 2 is 1.85 bits per heavy atom. The van der Waals surface area contributed by atoms with Gasteiger partial charge in [0.05, 0.1) is 10.5 Å². The van der Waals surface area contributed by atoms with Crippen molar-refractivity contribution in [1.82, 2.24) is 0 Å². The average Bonchev–Trinajstić information content (AvgIpc) is 2.54. The van der Waals surface area contributed by atoms with Crippen LogP contribution in [-0.2, 0) is 11.0 Å². The van der Waals surface area contributed by atoms with Gasteiger partial charge in [-0.1, -0.05) is 6.07 Å². The Morgan fingerprint density at radius 3 is 2.38 bits per heavy atom. The molecule has 136 valence electrons. The summed E-state index contributed by atoms with van der Waals surface area (Å²) in [7, 11) is 0. The van der Waals surface area contributed by atoms with Crippen molar-refractivity contribution in [3.05, 3.63) is 63.7 Å². The molecule has 0 aliphatic carbocycles. The number of primary amides is 1. The third-order valence-electron chi connectivity index (χ3n) is 3.13. The highest BCUT2D eigenvalue weighted by Gasteiger charge is 2.33. The Morgan fingerprint density at radius 1 is 1.19 bits per heavy atom. The summed E-state index contributed by atoms with van der Waals surface area (Å²) >= 11 is 0. The molecule has 0 aliphatic heterocycles. The number of phenolic OH excluding ortho intramolecular Hbond substituents is 1. The van der Waals surface area contributed by atoms with Gasteiger partial charge in [-0.25, -0.2) is 0 Å². The van der Waals surface area contributed by atoms with E-state index in [0.717, 1.165) is 12.1 Å². The first-order valence-corrected chi connectivity index (χ1v) is 6.92. The summed E-state index contributed by atoms with van der Waals surface area (Å²) in [6.45, 7) is 0. The monoisotopic (exact) mass is 368 g/mol. The number of hydrogen-bond donors (Lipinski definition) is 2. The van der Waals surface area contributed by atoms with Crippen molar-refractivity contribution in [2.24, 2.45) is 5.73 Å². The predicted octanol–water partition coefficient (Wildman–Crippen LogP) is 3.61. The number of hydrogen-bond acceptors (Lipinski definition) is 5. The van der Waals surface area contributed by atoms with Gasteiger partial charge in [0.2, 0.25) is 11.7 Å². The molecule has 3 N–H and O–H groups in total. The van der Waals surface area contributed by atoms with Crippen LogP contribution in [0.5, 0.6) is 17.2 Å². The molecule has 0 atom stereocenters. The minimum absolute atomic E-state index is 0.218. The minimum atomic E-state index is -4.75. The summed E-state index contributed by atoms with van der Waals surface area (Å²) in [6, 6.07) is 5.59. The minimum Gasteiger partial charge on any atom is -0.504 e. The Bertz CT molecular complexity index is 894. The van der Waals surface area contributed by atoms with Gasteiger partial charge in [0.1, 0.15) is 0 Å². The molecule has 0 heterocycles. The lowest BCUT2D eigenvalue weighted by Gasteiger charge is -2.11. The highest BCUT2D eigenvalue weighted by molar-refractivity contribution is 5.90. The first-order chi connectivity index (χ1) is 12.1. The lowest BCUT2D eigenvalue weighted by atomic mass is 10.1. The molecule has 0 saturated carbocycles. The van der Waals surface area contributed by atoms with Crippen LogP contribution in [0, 0.1) is 10.1 Å². The van der Waals surface area contributed by atoms with Crippen LogP contribution in [-0.4, -0.2) is 15.9 Å². The molecule has 1 amide bonds. The molecule has 0 unspecified atom stereocenters. The molecule has 0 spiro atoms. The van der Waals surface area contributed by atoms with Crippen molar-refractivity contribution in [2.45, 2.75) is 6.18 Å². The van der Waals surface area contributed by atoms with E-state index in [4.69, 9.17) is 10.5 Å². The second-order valence-corrected chi connectivity index (χ2v) is 5.00. The molecule has 2 aromatic carbocycles.